The highest BCUT2D eigenvalue weighted by molar-refractivity contribution is 7.90. The van der Waals surface area contributed by atoms with Crippen LogP contribution in [-0.4, -0.2) is 62.3 Å². The molecule has 1 aliphatic heterocycles. The summed E-state index contributed by atoms with van der Waals surface area (Å²) < 4.78 is 22.2. The highest BCUT2D eigenvalue weighted by Gasteiger charge is 2.22. The van der Waals surface area contributed by atoms with E-state index in [0.717, 1.165) is 26.1 Å². The first-order chi connectivity index (χ1) is 10.4. The van der Waals surface area contributed by atoms with E-state index in [0.29, 0.717) is 13.1 Å². The number of carbonyl (C=O) groups is 1. The molecule has 1 amide bonds. The highest BCUT2D eigenvalue weighted by Crippen LogP contribution is 2.19. The summed E-state index contributed by atoms with van der Waals surface area (Å²) in [5, 5.41) is 0. The number of hydrogen-bond acceptors (Lipinski definition) is 5. The van der Waals surface area contributed by atoms with Gasteiger partial charge in [0.1, 0.15) is 9.84 Å². The zero-order valence-electron chi connectivity index (χ0n) is 13.2. The minimum absolute atomic E-state index is 0.0468. The molecule has 1 fully saturated rings. The van der Waals surface area contributed by atoms with Gasteiger partial charge >= 0.3 is 0 Å². The van der Waals surface area contributed by atoms with Gasteiger partial charge < -0.3 is 4.90 Å². The van der Waals surface area contributed by atoms with Crippen LogP contribution in [0.5, 0.6) is 0 Å². The molecule has 0 aliphatic carbocycles. The van der Waals surface area contributed by atoms with Crippen molar-refractivity contribution in [3.8, 4) is 0 Å². The molecule has 1 aromatic heterocycles. The van der Waals surface area contributed by atoms with Crippen molar-refractivity contribution in [3.63, 3.8) is 0 Å². The molecule has 0 atom stereocenters. The van der Waals surface area contributed by atoms with Gasteiger partial charge in [-0.1, -0.05) is 6.92 Å². The summed E-state index contributed by atoms with van der Waals surface area (Å²) in [7, 11) is -3.07. The molecule has 0 aromatic carbocycles. The summed E-state index contributed by atoms with van der Waals surface area (Å²) in [6.45, 7) is 6.18. The zero-order valence-corrected chi connectivity index (χ0v) is 14.9. The van der Waals surface area contributed by atoms with Crippen LogP contribution in [0.3, 0.4) is 0 Å². The minimum atomic E-state index is -3.07. The molecule has 0 bridgehead atoms. The van der Waals surface area contributed by atoms with Crippen LogP contribution in [0.25, 0.3) is 0 Å². The second kappa shape index (κ2) is 7.57. The first kappa shape index (κ1) is 17.4. The van der Waals surface area contributed by atoms with Crippen LogP contribution in [0.1, 0.15) is 23.1 Å². The fourth-order valence-corrected chi connectivity index (χ4v) is 4.05. The van der Waals surface area contributed by atoms with Crippen molar-refractivity contribution >= 4 is 27.1 Å². The summed E-state index contributed by atoms with van der Waals surface area (Å²) in [5.74, 6) is -0.101. The Bertz CT molecular complexity index is 602. The monoisotopic (exact) mass is 344 g/mol. The normalized spacial score (nSPS) is 16.9. The molecule has 0 radical (unpaired) electrons. The third kappa shape index (κ3) is 5.37. The minimum Gasteiger partial charge on any atom is -0.340 e. The molecule has 7 heteroatoms. The van der Waals surface area contributed by atoms with Gasteiger partial charge in [0.2, 0.25) is 5.91 Å². The molecule has 0 unspecified atom stereocenters. The molecule has 124 valence electrons. The number of sulfone groups is 1. The Balaban J connectivity index is 1.76. The maximum absolute atomic E-state index is 12.0. The SMILES string of the molecule is CCc1ccc(CN2CCN(C(=O)CCS(C)(=O)=O)CC2)s1. The summed E-state index contributed by atoms with van der Waals surface area (Å²) in [6, 6.07) is 4.37. The van der Waals surface area contributed by atoms with E-state index in [1.807, 2.05) is 11.3 Å². The van der Waals surface area contributed by atoms with Crippen molar-refractivity contribution in [3.05, 3.63) is 21.9 Å². The first-order valence-corrected chi connectivity index (χ1v) is 10.5. The Morgan fingerprint density at radius 1 is 1.18 bits per heavy atom. The Kier molecular flexibility index (Phi) is 6.00. The number of rotatable bonds is 6. The number of thiophene rings is 1. The van der Waals surface area contributed by atoms with E-state index in [1.54, 1.807) is 4.90 Å². The summed E-state index contributed by atoms with van der Waals surface area (Å²) >= 11 is 1.86. The van der Waals surface area contributed by atoms with E-state index in [1.165, 1.54) is 16.0 Å². The molecule has 22 heavy (non-hydrogen) atoms. The molecule has 0 N–H and O–H groups in total. The molecular weight excluding hydrogens is 320 g/mol. The largest absolute Gasteiger partial charge is 0.340 e. The smallest absolute Gasteiger partial charge is 0.223 e. The lowest BCUT2D eigenvalue weighted by Crippen LogP contribution is -2.48. The first-order valence-electron chi connectivity index (χ1n) is 7.63. The Hall–Kier alpha value is -0.920. The van der Waals surface area contributed by atoms with Crippen LogP contribution in [-0.2, 0) is 27.6 Å². The molecular formula is C15H24N2O3S2. The van der Waals surface area contributed by atoms with E-state index in [9.17, 15) is 13.2 Å². The predicted octanol–water partition coefficient (Wildman–Crippen LogP) is 1.39. The van der Waals surface area contributed by atoms with Gasteiger partial charge in [0.25, 0.3) is 0 Å². The van der Waals surface area contributed by atoms with Gasteiger partial charge in [0.15, 0.2) is 0 Å². The lowest BCUT2D eigenvalue weighted by Gasteiger charge is -2.34. The molecule has 0 spiro atoms. The van der Waals surface area contributed by atoms with E-state index in [4.69, 9.17) is 0 Å². The maximum Gasteiger partial charge on any atom is 0.223 e. The zero-order chi connectivity index (χ0) is 16.2. The number of hydrogen-bond donors (Lipinski definition) is 0. The van der Waals surface area contributed by atoms with E-state index in [-0.39, 0.29) is 18.1 Å². The van der Waals surface area contributed by atoms with Crippen molar-refractivity contribution in [1.29, 1.82) is 0 Å². The van der Waals surface area contributed by atoms with Crippen LogP contribution < -0.4 is 0 Å². The van der Waals surface area contributed by atoms with Crippen LogP contribution in [0.15, 0.2) is 12.1 Å². The molecule has 1 saturated heterocycles. The van der Waals surface area contributed by atoms with Crippen LogP contribution in [0.2, 0.25) is 0 Å². The lowest BCUT2D eigenvalue weighted by atomic mass is 10.2. The summed E-state index contributed by atoms with van der Waals surface area (Å²) in [5.41, 5.74) is 0. The van der Waals surface area contributed by atoms with Crippen LogP contribution in [0, 0.1) is 0 Å². The van der Waals surface area contributed by atoms with Crippen molar-refractivity contribution in [1.82, 2.24) is 9.80 Å². The summed E-state index contributed by atoms with van der Waals surface area (Å²) in [6.07, 6.45) is 2.35. The van der Waals surface area contributed by atoms with Gasteiger partial charge in [-0.2, -0.15) is 0 Å². The maximum atomic E-state index is 12.0. The van der Waals surface area contributed by atoms with Gasteiger partial charge in [-0.25, -0.2) is 8.42 Å². The third-order valence-corrected chi connectivity index (χ3v) is 6.02. The fraction of sp³-hybridized carbons (Fsp3) is 0.667. The van der Waals surface area contributed by atoms with Gasteiger partial charge in [0.05, 0.1) is 5.75 Å². The number of aryl methyl sites for hydroxylation is 1. The lowest BCUT2D eigenvalue weighted by molar-refractivity contribution is -0.132. The third-order valence-electron chi connectivity index (χ3n) is 3.86. The number of carbonyl (C=O) groups excluding carboxylic acids is 1. The fourth-order valence-electron chi connectivity index (χ4n) is 2.50. The number of amides is 1. The van der Waals surface area contributed by atoms with E-state index >= 15 is 0 Å². The molecule has 2 heterocycles. The molecule has 5 nitrogen and oxygen atoms in total. The van der Waals surface area contributed by atoms with Crippen molar-refractivity contribution in [2.24, 2.45) is 0 Å². The van der Waals surface area contributed by atoms with Crippen molar-refractivity contribution in [2.75, 3.05) is 38.2 Å². The number of nitrogens with zero attached hydrogens (tertiary/aromatic N) is 2. The molecule has 1 aliphatic rings. The second-order valence-electron chi connectivity index (χ2n) is 5.76. The average molecular weight is 345 g/mol. The number of piperazine rings is 1. The summed E-state index contributed by atoms with van der Waals surface area (Å²) in [4.78, 5) is 18.9. The average Bonchev–Trinajstić information content (AvgIpc) is 2.92. The van der Waals surface area contributed by atoms with E-state index < -0.39 is 9.84 Å². The van der Waals surface area contributed by atoms with Crippen molar-refractivity contribution < 1.29 is 13.2 Å². The van der Waals surface area contributed by atoms with Gasteiger partial charge in [-0.15, -0.1) is 11.3 Å². The van der Waals surface area contributed by atoms with Crippen LogP contribution >= 0.6 is 11.3 Å². The molecule has 2 rings (SSSR count). The Labute approximate surface area is 136 Å². The van der Waals surface area contributed by atoms with Gasteiger partial charge in [-0.05, 0) is 18.6 Å². The Morgan fingerprint density at radius 3 is 2.36 bits per heavy atom. The van der Waals surface area contributed by atoms with Crippen LogP contribution in [0.4, 0.5) is 0 Å². The topological polar surface area (TPSA) is 57.7 Å². The van der Waals surface area contributed by atoms with Gasteiger partial charge in [0, 0.05) is 55.2 Å². The van der Waals surface area contributed by atoms with Gasteiger partial charge in [-0.3, -0.25) is 9.69 Å². The quantitative estimate of drug-likeness (QED) is 0.782. The Morgan fingerprint density at radius 2 is 1.82 bits per heavy atom. The standard InChI is InChI=1S/C15H24N2O3S2/c1-3-13-4-5-14(21-13)12-16-7-9-17(10-8-16)15(18)6-11-22(2,19)20/h4-5H,3,6-12H2,1-2H3. The second-order valence-corrected chi connectivity index (χ2v) is 9.27. The highest BCUT2D eigenvalue weighted by atomic mass is 32.2. The molecule has 1 aromatic rings. The van der Waals surface area contributed by atoms with E-state index in [2.05, 4.69) is 24.0 Å². The predicted molar refractivity (Wildman–Crippen MR) is 89.9 cm³/mol. The molecule has 0 saturated carbocycles. The van der Waals surface area contributed by atoms with Crippen molar-refractivity contribution in [2.45, 2.75) is 26.3 Å².